The molecule has 1 aromatic rings. The van der Waals surface area contributed by atoms with Gasteiger partial charge in [-0.3, -0.25) is 9.59 Å². The molecule has 0 radical (unpaired) electrons. The Hall–Kier alpha value is -2.04. The minimum absolute atomic E-state index is 0.00185. The van der Waals surface area contributed by atoms with Gasteiger partial charge in [-0.2, -0.15) is 0 Å². The summed E-state index contributed by atoms with van der Waals surface area (Å²) in [6, 6.07) is 7.53. The average Bonchev–Trinajstić information content (AvgIpc) is 2.80. The highest BCUT2D eigenvalue weighted by atomic mass is 16.5. The van der Waals surface area contributed by atoms with Gasteiger partial charge in [0.15, 0.2) is 0 Å². The Balaban J connectivity index is 1.76. The van der Waals surface area contributed by atoms with Gasteiger partial charge in [0, 0.05) is 26.6 Å². The largest absolute Gasteiger partial charge is 0.491 e. The van der Waals surface area contributed by atoms with Crippen LogP contribution in [0.3, 0.4) is 0 Å². The number of ether oxygens (including phenoxy) is 1. The van der Waals surface area contributed by atoms with Gasteiger partial charge < -0.3 is 14.5 Å². The molecule has 5 nitrogen and oxygen atoms in total. The summed E-state index contributed by atoms with van der Waals surface area (Å²) in [4.78, 5) is 30.2. The topological polar surface area (TPSA) is 49.9 Å². The van der Waals surface area contributed by atoms with Gasteiger partial charge in [-0.25, -0.2) is 0 Å². The Kier molecular flexibility index (Phi) is 9.43. The van der Waals surface area contributed by atoms with Crippen LogP contribution in [0.1, 0.15) is 88.4 Å². The molecule has 1 saturated carbocycles. The lowest BCUT2D eigenvalue weighted by molar-refractivity contribution is -0.135. The van der Waals surface area contributed by atoms with Crippen molar-refractivity contribution in [3.63, 3.8) is 0 Å². The number of rotatable bonds is 5. The molecule has 1 fully saturated rings. The quantitative estimate of drug-likeness (QED) is 0.602. The highest BCUT2D eigenvalue weighted by molar-refractivity contribution is 5.96. The summed E-state index contributed by atoms with van der Waals surface area (Å²) in [5, 5.41) is 0. The summed E-state index contributed by atoms with van der Waals surface area (Å²) in [6.07, 6.45) is 10.9. The van der Waals surface area contributed by atoms with Gasteiger partial charge >= 0.3 is 0 Å². The van der Waals surface area contributed by atoms with E-state index in [0.717, 1.165) is 32.2 Å². The van der Waals surface area contributed by atoms with E-state index in [1.807, 2.05) is 31.3 Å². The first-order valence-electron chi connectivity index (χ1n) is 12.7. The summed E-state index contributed by atoms with van der Waals surface area (Å²) in [5.41, 5.74) is 0.606. The van der Waals surface area contributed by atoms with E-state index >= 15 is 0 Å². The lowest BCUT2D eigenvalue weighted by Gasteiger charge is -2.34. The number of carbonyl (C=O) groups is 2. The molecule has 3 rings (SSSR count). The van der Waals surface area contributed by atoms with Crippen molar-refractivity contribution in [3.05, 3.63) is 29.8 Å². The van der Waals surface area contributed by atoms with Crippen molar-refractivity contribution in [2.75, 3.05) is 26.7 Å². The molecule has 0 aromatic heterocycles. The number of nitrogens with zero attached hydrogens (tertiary/aromatic N) is 2. The minimum Gasteiger partial charge on any atom is -0.491 e. The molecular formula is C27H42N2O3. The third kappa shape index (κ3) is 6.98. The van der Waals surface area contributed by atoms with Crippen molar-refractivity contribution in [3.8, 4) is 5.75 Å². The minimum atomic E-state index is 0.00185. The average molecular weight is 443 g/mol. The molecule has 178 valence electrons. The number of benzene rings is 1. The number of hydrogen-bond donors (Lipinski definition) is 0. The van der Waals surface area contributed by atoms with Gasteiger partial charge in [0.25, 0.3) is 5.91 Å². The van der Waals surface area contributed by atoms with Crippen LogP contribution in [0.2, 0.25) is 0 Å². The fourth-order valence-corrected chi connectivity index (χ4v) is 5.18. The number of para-hydroxylation sites is 1. The van der Waals surface area contributed by atoms with Gasteiger partial charge in [-0.15, -0.1) is 0 Å². The molecule has 1 atom stereocenters. The SMILES string of the molecule is CC(C)C[C@H]1COc2ccccc2C(=O)N(C)CCCCN1C(=O)CCC1CCCCC1. The van der Waals surface area contributed by atoms with Crippen LogP contribution in [0.5, 0.6) is 5.75 Å². The zero-order valence-corrected chi connectivity index (χ0v) is 20.4. The van der Waals surface area contributed by atoms with E-state index < -0.39 is 0 Å². The maximum Gasteiger partial charge on any atom is 0.257 e. The Morgan fingerprint density at radius 2 is 1.78 bits per heavy atom. The van der Waals surface area contributed by atoms with E-state index in [4.69, 9.17) is 4.74 Å². The van der Waals surface area contributed by atoms with Crippen molar-refractivity contribution in [1.29, 1.82) is 0 Å². The van der Waals surface area contributed by atoms with E-state index in [9.17, 15) is 9.59 Å². The third-order valence-corrected chi connectivity index (χ3v) is 7.03. The molecular weight excluding hydrogens is 400 g/mol. The number of carbonyl (C=O) groups excluding carboxylic acids is 2. The smallest absolute Gasteiger partial charge is 0.257 e. The van der Waals surface area contributed by atoms with Crippen molar-refractivity contribution < 1.29 is 14.3 Å². The van der Waals surface area contributed by atoms with Crippen molar-refractivity contribution in [2.45, 2.75) is 84.1 Å². The summed E-state index contributed by atoms with van der Waals surface area (Å²) in [6.45, 7) is 6.27. The Bertz CT molecular complexity index is 742. The first-order chi connectivity index (χ1) is 15.5. The lowest BCUT2D eigenvalue weighted by atomic mass is 9.86. The molecule has 1 aliphatic heterocycles. The van der Waals surface area contributed by atoms with Crippen molar-refractivity contribution >= 4 is 11.8 Å². The zero-order valence-electron chi connectivity index (χ0n) is 20.4. The molecule has 1 aromatic carbocycles. The summed E-state index contributed by atoms with van der Waals surface area (Å²) in [5.74, 6) is 2.08. The van der Waals surface area contributed by atoms with Gasteiger partial charge in [0.2, 0.25) is 5.91 Å². The maximum absolute atomic E-state index is 13.4. The first kappa shape index (κ1) is 24.6. The molecule has 1 aliphatic carbocycles. The van der Waals surface area contributed by atoms with Gasteiger partial charge in [0.05, 0.1) is 11.6 Å². The maximum atomic E-state index is 13.4. The molecule has 5 heteroatoms. The van der Waals surface area contributed by atoms with E-state index in [1.54, 1.807) is 4.90 Å². The zero-order chi connectivity index (χ0) is 22.9. The van der Waals surface area contributed by atoms with Gasteiger partial charge in [0.1, 0.15) is 12.4 Å². The number of amides is 2. The summed E-state index contributed by atoms with van der Waals surface area (Å²) < 4.78 is 6.23. The Morgan fingerprint density at radius 1 is 1.06 bits per heavy atom. The van der Waals surface area contributed by atoms with Crippen LogP contribution in [-0.2, 0) is 4.79 Å². The van der Waals surface area contributed by atoms with E-state index in [0.29, 0.717) is 42.7 Å². The van der Waals surface area contributed by atoms with Crippen LogP contribution in [-0.4, -0.2) is 54.4 Å². The lowest BCUT2D eigenvalue weighted by Crippen LogP contribution is -2.45. The van der Waals surface area contributed by atoms with E-state index in [1.165, 1.54) is 32.1 Å². The monoisotopic (exact) mass is 442 g/mol. The number of hydrogen-bond acceptors (Lipinski definition) is 3. The van der Waals surface area contributed by atoms with Crippen molar-refractivity contribution in [2.24, 2.45) is 11.8 Å². The Morgan fingerprint density at radius 3 is 2.53 bits per heavy atom. The normalized spacial score (nSPS) is 21.5. The van der Waals surface area contributed by atoms with Crippen LogP contribution >= 0.6 is 0 Å². The molecule has 0 N–H and O–H groups in total. The molecule has 2 aliphatic rings. The van der Waals surface area contributed by atoms with E-state index in [2.05, 4.69) is 18.7 Å². The second kappa shape index (κ2) is 12.3. The second-order valence-corrected chi connectivity index (χ2v) is 10.2. The molecule has 1 heterocycles. The third-order valence-electron chi connectivity index (χ3n) is 7.03. The van der Waals surface area contributed by atoms with Crippen LogP contribution < -0.4 is 4.74 Å². The van der Waals surface area contributed by atoms with Gasteiger partial charge in [-0.05, 0) is 49.7 Å². The molecule has 0 bridgehead atoms. The molecule has 0 unspecified atom stereocenters. The van der Waals surface area contributed by atoms with Crippen LogP contribution in [0, 0.1) is 11.8 Å². The predicted octanol–water partition coefficient (Wildman–Crippen LogP) is 5.54. The molecule has 0 spiro atoms. The second-order valence-electron chi connectivity index (χ2n) is 10.2. The molecule has 0 saturated heterocycles. The Labute approximate surface area is 194 Å². The van der Waals surface area contributed by atoms with Crippen LogP contribution in [0.15, 0.2) is 24.3 Å². The summed E-state index contributed by atoms with van der Waals surface area (Å²) in [7, 11) is 1.85. The highest BCUT2D eigenvalue weighted by Crippen LogP contribution is 2.28. The van der Waals surface area contributed by atoms with Crippen LogP contribution in [0.4, 0.5) is 0 Å². The predicted molar refractivity (Wildman–Crippen MR) is 129 cm³/mol. The standard InChI is InChI=1S/C27H42N2O3/c1-21(2)19-23-20-32-25-14-8-7-13-24(25)27(31)28(3)17-9-10-18-29(23)26(30)16-15-22-11-5-4-6-12-22/h7-8,13-14,21-23H,4-6,9-12,15-20H2,1-3H3/t23-/m0/s1. The molecule has 2 amide bonds. The molecule has 32 heavy (non-hydrogen) atoms. The van der Waals surface area contributed by atoms with Gasteiger partial charge in [-0.1, -0.05) is 58.1 Å². The fraction of sp³-hybridized carbons (Fsp3) is 0.704. The highest BCUT2D eigenvalue weighted by Gasteiger charge is 2.27. The first-order valence-corrected chi connectivity index (χ1v) is 12.7. The fourth-order valence-electron chi connectivity index (χ4n) is 5.18. The summed E-state index contributed by atoms with van der Waals surface area (Å²) >= 11 is 0. The van der Waals surface area contributed by atoms with Crippen LogP contribution in [0.25, 0.3) is 0 Å². The number of fused-ring (bicyclic) bond motifs is 1. The van der Waals surface area contributed by atoms with E-state index in [-0.39, 0.29) is 17.9 Å². The van der Waals surface area contributed by atoms with Crippen molar-refractivity contribution in [1.82, 2.24) is 9.80 Å².